The summed E-state index contributed by atoms with van der Waals surface area (Å²) in [7, 11) is 0. The lowest BCUT2D eigenvalue weighted by Gasteiger charge is -2.10. The van der Waals surface area contributed by atoms with Crippen LogP contribution in [0.5, 0.6) is 0 Å². The molecule has 1 aromatic carbocycles. The summed E-state index contributed by atoms with van der Waals surface area (Å²) >= 11 is 3.95. The molecule has 0 N–H and O–H groups in total. The van der Waals surface area contributed by atoms with E-state index in [-0.39, 0.29) is 4.90 Å². The Morgan fingerprint density at radius 2 is 1.94 bits per heavy atom. The van der Waals surface area contributed by atoms with Crippen molar-refractivity contribution in [2.75, 3.05) is 0 Å². The van der Waals surface area contributed by atoms with Crippen LogP contribution in [0.2, 0.25) is 0 Å². The number of halogens is 3. The number of hydrogen-bond acceptors (Lipinski definition) is 2. The summed E-state index contributed by atoms with van der Waals surface area (Å²) in [6.45, 7) is 0. The lowest BCUT2D eigenvalue weighted by atomic mass is 10.2. The van der Waals surface area contributed by atoms with Crippen LogP contribution in [0.4, 0.5) is 13.2 Å². The zero-order chi connectivity index (χ0) is 11.8. The highest BCUT2D eigenvalue weighted by atomic mass is 32.1. The second kappa shape index (κ2) is 3.86. The van der Waals surface area contributed by atoms with Crippen LogP contribution >= 0.6 is 12.6 Å². The molecular weight excluding hydrogens is 237 g/mol. The fourth-order valence-corrected chi connectivity index (χ4v) is 1.58. The van der Waals surface area contributed by atoms with E-state index in [2.05, 4.69) is 17.7 Å². The van der Waals surface area contributed by atoms with Crippen molar-refractivity contribution in [3.05, 3.63) is 42.2 Å². The van der Waals surface area contributed by atoms with Gasteiger partial charge in [0, 0.05) is 17.3 Å². The molecule has 6 heteroatoms. The number of benzene rings is 1. The lowest BCUT2D eigenvalue weighted by Crippen LogP contribution is -2.06. The maximum Gasteiger partial charge on any atom is 0.416 e. The summed E-state index contributed by atoms with van der Waals surface area (Å²) < 4.78 is 38.9. The fourth-order valence-electron chi connectivity index (χ4n) is 1.31. The van der Waals surface area contributed by atoms with Crippen molar-refractivity contribution in [2.24, 2.45) is 0 Å². The van der Waals surface area contributed by atoms with E-state index >= 15 is 0 Å². The van der Waals surface area contributed by atoms with Crippen molar-refractivity contribution in [2.45, 2.75) is 11.1 Å². The van der Waals surface area contributed by atoms with E-state index < -0.39 is 11.7 Å². The minimum absolute atomic E-state index is 0.250. The van der Waals surface area contributed by atoms with Crippen LogP contribution in [0.25, 0.3) is 5.69 Å². The summed E-state index contributed by atoms with van der Waals surface area (Å²) in [5, 5.41) is 3.87. The van der Waals surface area contributed by atoms with Crippen LogP contribution in [0.15, 0.2) is 41.6 Å². The first-order valence-electron chi connectivity index (χ1n) is 4.38. The Labute approximate surface area is 95.1 Å². The molecule has 0 spiro atoms. The van der Waals surface area contributed by atoms with Crippen molar-refractivity contribution in [1.29, 1.82) is 0 Å². The molecule has 0 aliphatic carbocycles. The van der Waals surface area contributed by atoms with Crippen molar-refractivity contribution in [1.82, 2.24) is 9.78 Å². The molecule has 0 saturated carbocycles. The topological polar surface area (TPSA) is 17.8 Å². The van der Waals surface area contributed by atoms with Gasteiger partial charge in [-0.3, -0.25) is 0 Å². The molecule has 0 atom stereocenters. The molecule has 0 aliphatic rings. The van der Waals surface area contributed by atoms with E-state index in [1.807, 2.05) is 0 Å². The van der Waals surface area contributed by atoms with Crippen molar-refractivity contribution < 1.29 is 13.2 Å². The predicted molar refractivity (Wildman–Crippen MR) is 55.8 cm³/mol. The first-order chi connectivity index (χ1) is 7.47. The molecule has 16 heavy (non-hydrogen) atoms. The number of nitrogens with zero attached hydrogens (tertiary/aromatic N) is 2. The number of rotatable bonds is 1. The summed E-state index contributed by atoms with van der Waals surface area (Å²) in [6, 6.07) is 5.17. The second-order valence-corrected chi connectivity index (χ2v) is 3.70. The van der Waals surface area contributed by atoms with Crippen molar-refractivity contribution in [3.8, 4) is 5.69 Å². The number of hydrogen-bond donors (Lipinski definition) is 1. The van der Waals surface area contributed by atoms with E-state index in [0.717, 1.165) is 12.1 Å². The standard InChI is InChI=1S/C10H7F3N2S/c11-10(12,13)7-4-8(6-9(16)5-7)15-3-1-2-14-15/h1-6,16H. The first-order valence-corrected chi connectivity index (χ1v) is 4.83. The third-order valence-electron chi connectivity index (χ3n) is 2.00. The van der Waals surface area contributed by atoms with Crippen LogP contribution in [-0.4, -0.2) is 9.78 Å². The molecule has 0 fully saturated rings. The van der Waals surface area contributed by atoms with Crippen LogP contribution in [-0.2, 0) is 6.18 Å². The first kappa shape index (κ1) is 11.1. The molecule has 0 radical (unpaired) electrons. The minimum atomic E-state index is -4.37. The SMILES string of the molecule is FC(F)(F)c1cc(S)cc(-n2cccn2)c1. The van der Waals surface area contributed by atoms with Crippen molar-refractivity contribution in [3.63, 3.8) is 0 Å². The zero-order valence-corrected chi connectivity index (χ0v) is 8.83. The van der Waals surface area contributed by atoms with Gasteiger partial charge in [-0.25, -0.2) is 4.68 Å². The average Bonchev–Trinajstić information content (AvgIpc) is 2.68. The van der Waals surface area contributed by atoms with Crippen LogP contribution < -0.4 is 0 Å². The molecule has 0 bridgehead atoms. The Hall–Kier alpha value is -1.43. The molecule has 2 nitrogen and oxygen atoms in total. The lowest BCUT2D eigenvalue weighted by molar-refractivity contribution is -0.137. The van der Waals surface area contributed by atoms with Gasteiger partial charge in [0.2, 0.25) is 0 Å². The largest absolute Gasteiger partial charge is 0.416 e. The van der Waals surface area contributed by atoms with E-state index in [1.54, 1.807) is 12.3 Å². The quantitative estimate of drug-likeness (QED) is 0.763. The third kappa shape index (κ3) is 2.21. The molecule has 0 saturated heterocycles. The normalized spacial score (nSPS) is 11.8. The summed E-state index contributed by atoms with van der Waals surface area (Å²) in [6.07, 6.45) is -1.30. The highest BCUT2D eigenvalue weighted by Crippen LogP contribution is 2.32. The average molecular weight is 244 g/mol. The van der Waals surface area contributed by atoms with Gasteiger partial charge in [0.25, 0.3) is 0 Å². The van der Waals surface area contributed by atoms with Gasteiger partial charge in [0.1, 0.15) is 0 Å². The fraction of sp³-hybridized carbons (Fsp3) is 0.100. The molecule has 0 aliphatic heterocycles. The molecular formula is C10H7F3N2S. The number of aromatic nitrogens is 2. The van der Waals surface area contributed by atoms with Gasteiger partial charge in [-0.2, -0.15) is 18.3 Å². The molecule has 2 rings (SSSR count). The Morgan fingerprint density at radius 3 is 2.50 bits per heavy atom. The maximum absolute atomic E-state index is 12.5. The third-order valence-corrected chi connectivity index (χ3v) is 2.26. The van der Waals surface area contributed by atoms with Gasteiger partial charge in [-0.1, -0.05) is 0 Å². The minimum Gasteiger partial charge on any atom is -0.241 e. The van der Waals surface area contributed by atoms with E-state index in [4.69, 9.17) is 0 Å². The van der Waals surface area contributed by atoms with Crippen LogP contribution in [0.1, 0.15) is 5.56 Å². The Bertz CT molecular complexity index is 491. The Morgan fingerprint density at radius 1 is 1.19 bits per heavy atom. The zero-order valence-electron chi connectivity index (χ0n) is 7.94. The Balaban J connectivity index is 2.53. The molecule has 2 aromatic rings. The van der Waals surface area contributed by atoms with Gasteiger partial charge >= 0.3 is 6.18 Å². The predicted octanol–water partition coefficient (Wildman–Crippen LogP) is 3.18. The smallest absolute Gasteiger partial charge is 0.241 e. The van der Waals surface area contributed by atoms with Gasteiger partial charge in [0.15, 0.2) is 0 Å². The monoisotopic (exact) mass is 244 g/mol. The molecule has 1 aromatic heterocycles. The molecule has 1 heterocycles. The number of alkyl halides is 3. The Kier molecular flexibility index (Phi) is 2.67. The maximum atomic E-state index is 12.5. The molecule has 84 valence electrons. The second-order valence-electron chi connectivity index (χ2n) is 3.19. The van der Waals surface area contributed by atoms with Gasteiger partial charge < -0.3 is 0 Å². The highest BCUT2D eigenvalue weighted by Gasteiger charge is 2.31. The molecule has 0 unspecified atom stereocenters. The van der Waals surface area contributed by atoms with E-state index in [9.17, 15) is 13.2 Å². The highest BCUT2D eigenvalue weighted by molar-refractivity contribution is 7.80. The van der Waals surface area contributed by atoms with Gasteiger partial charge in [-0.05, 0) is 24.3 Å². The van der Waals surface area contributed by atoms with E-state index in [1.165, 1.54) is 16.9 Å². The van der Waals surface area contributed by atoms with Gasteiger partial charge in [0.05, 0.1) is 11.3 Å². The summed E-state index contributed by atoms with van der Waals surface area (Å²) in [5.74, 6) is 0. The summed E-state index contributed by atoms with van der Waals surface area (Å²) in [4.78, 5) is 0.250. The van der Waals surface area contributed by atoms with Crippen LogP contribution in [0, 0.1) is 0 Å². The van der Waals surface area contributed by atoms with Crippen LogP contribution in [0.3, 0.4) is 0 Å². The number of thiol groups is 1. The van der Waals surface area contributed by atoms with Gasteiger partial charge in [-0.15, -0.1) is 12.6 Å². The molecule has 0 amide bonds. The van der Waals surface area contributed by atoms with Crippen molar-refractivity contribution >= 4 is 12.6 Å². The summed E-state index contributed by atoms with van der Waals surface area (Å²) in [5.41, 5.74) is -0.393. The van der Waals surface area contributed by atoms with E-state index in [0.29, 0.717) is 5.69 Å².